The summed E-state index contributed by atoms with van der Waals surface area (Å²) in [6, 6.07) is 51.7. The molecule has 0 atom stereocenters. The Labute approximate surface area is 274 Å². The minimum atomic E-state index is 0.586. The maximum Gasteiger partial charge on any atom is 0.164 e. The molecule has 0 aliphatic heterocycles. The highest BCUT2D eigenvalue weighted by Crippen LogP contribution is 2.40. The topological polar surface area (TPSA) is 65.0 Å². The maximum absolute atomic E-state index is 6.27. The summed E-state index contributed by atoms with van der Waals surface area (Å²) in [7, 11) is 0. The highest BCUT2D eigenvalue weighted by atomic mass is 16.3. The molecule has 10 aromatic rings. The van der Waals surface area contributed by atoms with Crippen molar-refractivity contribution in [2.24, 2.45) is 0 Å². The van der Waals surface area contributed by atoms with E-state index in [0.29, 0.717) is 17.5 Å². The molecule has 0 bridgehead atoms. The molecule has 0 fully saturated rings. The number of nitrogens with zero attached hydrogens (tertiary/aromatic N) is 3. The summed E-state index contributed by atoms with van der Waals surface area (Å²) in [5, 5.41) is 6.71. The minimum Gasteiger partial charge on any atom is -0.456 e. The first-order valence-corrected chi connectivity index (χ1v) is 15.9. The predicted molar refractivity (Wildman–Crippen MR) is 194 cm³/mol. The van der Waals surface area contributed by atoms with Crippen LogP contribution >= 0.6 is 0 Å². The van der Waals surface area contributed by atoms with Crippen molar-refractivity contribution >= 4 is 54.6 Å². The van der Waals surface area contributed by atoms with Gasteiger partial charge < -0.3 is 8.83 Å². The molecule has 7 aromatic carbocycles. The van der Waals surface area contributed by atoms with E-state index in [4.69, 9.17) is 23.8 Å². The van der Waals surface area contributed by atoms with Crippen molar-refractivity contribution in [3.05, 3.63) is 152 Å². The molecule has 0 saturated heterocycles. The SMILES string of the molecule is c1ccc(-c2nc(-c3cccc(-c4cccc5ccc6oc7ccccc7c6c45)c3)nc(-c3ccc4c(c3)oc3ccccc34)n2)cc1. The lowest BCUT2D eigenvalue weighted by molar-refractivity contribution is 0.668. The number of hydrogen-bond acceptors (Lipinski definition) is 5. The summed E-state index contributed by atoms with van der Waals surface area (Å²) in [4.78, 5) is 15.0. The summed E-state index contributed by atoms with van der Waals surface area (Å²) in [5.74, 6) is 1.80. The first kappa shape index (κ1) is 26.6. The molecular weight excluding hydrogens is 590 g/mol. The fourth-order valence-corrected chi connectivity index (χ4v) is 6.87. The van der Waals surface area contributed by atoms with Crippen LogP contribution in [0.5, 0.6) is 0 Å². The number of para-hydroxylation sites is 2. The number of fused-ring (bicyclic) bond motifs is 8. The van der Waals surface area contributed by atoms with Crippen LogP contribution in [0.25, 0.3) is 99.9 Å². The van der Waals surface area contributed by atoms with E-state index in [-0.39, 0.29) is 0 Å². The van der Waals surface area contributed by atoms with Gasteiger partial charge in [0.05, 0.1) is 0 Å². The Morgan fingerprint density at radius 1 is 0.333 bits per heavy atom. The summed E-state index contributed by atoms with van der Waals surface area (Å²) in [6.07, 6.45) is 0. The van der Waals surface area contributed by atoms with E-state index in [1.54, 1.807) is 0 Å². The average molecular weight is 616 g/mol. The Morgan fingerprint density at radius 2 is 0.938 bits per heavy atom. The zero-order chi connectivity index (χ0) is 31.6. The van der Waals surface area contributed by atoms with Crippen molar-refractivity contribution < 1.29 is 8.83 Å². The van der Waals surface area contributed by atoms with E-state index in [1.807, 2.05) is 66.7 Å². The number of furan rings is 2. The van der Waals surface area contributed by atoms with Gasteiger partial charge in [-0.1, -0.05) is 115 Å². The van der Waals surface area contributed by atoms with Gasteiger partial charge in [0.2, 0.25) is 0 Å². The zero-order valence-corrected chi connectivity index (χ0v) is 25.6. The van der Waals surface area contributed by atoms with Crippen LogP contribution < -0.4 is 0 Å². The highest BCUT2D eigenvalue weighted by molar-refractivity contribution is 6.22. The first-order valence-electron chi connectivity index (χ1n) is 15.9. The van der Waals surface area contributed by atoms with Gasteiger partial charge in [-0.05, 0) is 52.9 Å². The van der Waals surface area contributed by atoms with Crippen LogP contribution in [0.4, 0.5) is 0 Å². The standard InChI is InChI=1S/C43H25N3O2/c1-2-10-27(11-3-1)41-44-42(46-43(45-41)30-20-22-33-32-15-4-6-18-35(32)48-38(33)25-30)29-14-8-13-28(24-29)31-17-9-12-26-21-23-37-40(39(26)31)34-16-5-7-19-36(34)47-37/h1-25H. The second-order valence-electron chi connectivity index (χ2n) is 12.0. The molecule has 5 nitrogen and oxygen atoms in total. The first-order chi connectivity index (χ1) is 23.8. The van der Waals surface area contributed by atoms with Crippen molar-refractivity contribution in [1.29, 1.82) is 0 Å². The van der Waals surface area contributed by atoms with Crippen LogP contribution in [-0.2, 0) is 0 Å². The Kier molecular flexibility index (Phi) is 5.81. The van der Waals surface area contributed by atoms with Crippen LogP contribution in [-0.4, -0.2) is 15.0 Å². The molecule has 48 heavy (non-hydrogen) atoms. The number of benzene rings is 7. The third-order valence-electron chi connectivity index (χ3n) is 9.12. The Morgan fingerprint density at radius 3 is 1.77 bits per heavy atom. The van der Waals surface area contributed by atoms with Gasteiger partial charge in [0.15, 0.2) is 17.5 Å². The number of aromatic nitrogens is 3. The molecule has 0 saturated carbocycles. The maximum atomic E-state index is 6.27. The van der Waals surface area contributed by atoms with Gasteiger partial charge in [-0.15, -0.1) is 0 Å². The molecule has 0 aliphatic carbocycles. The molecule has 3 heterocycles. The number of hydrogen-bond donors (Lipinski definition) is 0. The molecule has 5 heteroatoms. The smallest absolute Gasteiger partial charge is 0.164 e. The molecular formula is C43H25N3O2. The van der Waals surface area contributed by atoms with Crippen LogP contribution in [0.1, 0.15) is 0 Å². The van der Waals surface area contributed by atoms with Crippen molar-refractivity contribution in [1.82, 2.24) is 15.0 Å². The largest absolute Gasteiger partial charge is 0.456 e. The summed E-state index contributed by atoms with van der Waals surface area (Å²) in [5.41, 5.74) is 8.30. The van der Waals surface area contributed by atoms with Crippen LogP contribution in [0.15, 0.2) is 160 Å². The molecule has 0 radical (unpaired) electrons. The number of rotatable bonds is 4. The molecule has 224 valence electrons. The van der Waals surface area contributed by atoms with E-state index in [9.17, 15) is 0 Å². The van der Waals surface area contributed by atoms with Gasteiger partial charge in [0, 0.05) is 43.6 Å². The molecule has 10 rings (SSSR count). The molecule has 3 aromatic heterocycles. The minimum absolute atomic E-state index is 0.586. The Hall–Kier alpha value is -6.59. The van der Waals surface area contributed by atoms with E-state index >= 15 is 0 Å². The van der Waals surface area contributed by atoms with E-state index in [1.165, 1.54) is 0 Å². The van der Waals surface area contributed by atoms with Gasteiger partial charge in [0.1, 0.15) is 22.3 Å². The van der Waals surface area contributed by atoms with Gasteiger partial charge in [-0.25, -0.2) is 15.0 Å². The summed E-state index contributed by atoms with van der Waals surface area (Å²) in [6.45, 7) is 0. The molecule has 0 unspecified atom stereocenters. The van der Waals surface area contributed by atoms with Crippen molar-refractivity contribution in [3.8, 4) is 45.3 Å². The van der Waals surface area contributed by atoms with Gasteiger partial charge >= 0.3 is 0 Å². The average Bonchev–Trinajstić information content (AvgIpc) is 3.73. The van der Waals surface area contributed by atoms with E-state index < -0.39 is 0 Å². The third kappa shape index (κ3) is 4.22. The quantitative estimate of drug-likeness (QED) is 0.197. The van der Waals surface area contributed by atoms with Gasteiger partial charge in [0.25, 0.3) is 0 Å². The summed E-state index contributed by atoms with van der Waals surface area (Å²) < 4.78 is 12.5. The lowest BCUT2D eigenvalue weighted by Crippen LogP contribution is -2.00. The monoisotopic (exact) mass is 615 g/mol. The lowest BCUT2D eigenvalue weighted by Gasteiger charge is -2.11. The second-order valence-corrected chi connectivity index (χ2v) is 12.0. The molecule has 0 N–H and O–H groups in total. The third-order valence-corrected chi connectivity index (χ3v) is 9.12. The highest BCUT2D eigenvalue weighted by Gasteiger charge is 2.17. The molecule has 0 amide bonds. The van der Waals surface area contributed by atoms with Crippen molar-refractivity contribution in [3.63, 3.8) is 0 Å². The van der Waals surface area contributed by atoms with E-state index in [2.05, 4.69) is 84.9 Å². The fourth-order valence-electron chi connectivity index (χ4n) is 6.87. The summed E-state index contributed by atoms with van der Waals surface area (Å²) >= 11 is 0. The zero-order valence-electron chi connectivity index (χ0n) is 25.6. The van der Waals surface area contributed by atoms with Gasteiger partial charge in [-0.2, -0.15) is 0 Å². The van der Waals surface area contributed by atoms with E-state index in [0.717, 1.165) is 82.5 Å². The normalized spacial score (nSPS) is 11.8. The van der Waals surface area contributed by atoms with Crippen LogP contribution in [0.2, 0.25) is 0 Å². The molecule has 0 aliphatic rings. The molecule has 0 spiro atoms. The van der Waals surface area contributed by atoms with Crippen LogP contribution in [0, 0.1) is 0 Å². The lowest BCUT2D eigenvalue weighted by atomic mass is 9.93. The Bertz CT molecular complexity index is 2850. The second kappa shape index (κ2) is 10.5. The predicted octanol–water partition coefficient (Wildman–Crippen LogP) is 11.5. The van der Waals surface area contributed by atoms with Crippen LogP contribution in [0.3, 0.4) is 0 Å². The van der Waals surface area contributed by atoms with Crippen molar-refractivity contribution in [2.75, 3.05) is 0 Å². The fraction of sp³-hybridized carbons (Fsp3) is 0. The van der Waals surface area contributed by atoms with Crippen molar-refractivity contribution in [2.45, 2.75) is 0 Å². The van der Waals surface area contributed by atoms with Gasteiger partial charge in [-0.3, -0.25) is 0 Å². The Balaban J connectivity index is 1.16.